The first-order valence-corrected chi connectivity index (χ1v) is 10.3. The topological polar surface area (TPSA) is 85.5 Å². The molecular weight excluding hydrogens is 424 g/mol. The molecule has 152 valence electrons. The summed E-state index contributed by atoms with van der Waals surface area (Å²) in [5.74, 6) is 0.766. The normalized spacial score (nSPS) is 10.9. The molecule has 8 heteroatoms. The van der Waals surface area contributed by atoms with Crippen molar-refractivity contribution in [2.45, 2.75) is 20.8 Å². The maximum atomic E-state index is 11.4. The number of carbonyl (C=O) groups is 1. The molecule has 0 amide bonds. The lowest BCUT2D eigenvalue weighted by Crippen LogP contribution is -1.94. The number of hydrogen-bond acceptors (Lipinski definition) is 6. The van der Waals surface area contributed by atoms with E-state index < -0.39 is 5.97 Å². The zero-order valence-corrected chi connectivity index (χ0v) is 18.0. The van der Waals surface area contributed by atoms with Crippen molar-refractivity contribution >= 4 is 28.9 Å². The molecule has 1 N–H and O–H groups in total. The van der Waals surface area contributed by atoms with E-state index in [1.54, 1.807) is 19.1 Å². The van der Waals surface area contributed by atoms with Crippen LogP contribution in [0.4, 0.5) is 0 Å². The number of benzene rings is 2. The molecule has 6 nitrogen and oxygen atoms in total. The minimum Gasteiger partial charge on any atom is -0.477 e. The van der Waals surface area contributed by atoms with E-state index in [0.717, 1.165) is 33.7 Å². The summed E-state index contributed by atoms with van der Waals surface area (Å²) in [7, 11) is 0. The predicted molar refractivity (Wildman–Crippen MR) is 116 cm³/mol. The fourth-order valence-corrected chi connectivity index (χ4v) is 4.25. The summed E-state index contributed by atoms with van der Waals surface area (Å²) in [6, 6.07) is 12.8. The lowest BCUT2D eigenvalue weighted by molar-refractivity contribution is 0.0701. The van der Waals surface area contributed by atoms with Crippen LogP contribution in [0.15, 0.2) is 47.0 Å². The second-order valence-corrected chi connectivity index (χ2v) is 8.09. The van der Waals surface area contributed by atoms with Gasteiger partial charge in [-0.3, -0.25) is 0 Å². The predicted octanol–water partition coefficient (Wildman–Crippen LogP) is 6.53. The van der Waals surface area contributed by atoms with Crippen LogP contribution >= 0.6 is 22.9 Å². The molecule has 2 aromatic carbocycles. The monoisotopic (exact) mass is 440 g/mol. The van der Waals surface area contributed by atoms with Gasteiger partial charge in [-0.1, -0.05) is 28.9 Å². The van der Waals surface area contributed by atoms with E-state index in [1.165, 1.54) is 0 Å². The average molecular weight is 441 g/mol. The van der Waals surface area contributed by atoms with Crippen molar-refractivity contribution in [3.05, 3.63) is 69.5 Å². The van der Waals surface area contributed by atoms with Gasteiger partial charge in [0, 0.05) is 11.1 Å². The molecule has 2 heterocycles. The van der Waals surface area contributed by atoms with Crippen LogP contribution in [0.1, 0.15) is 26.8 Å². The number of aromatic carboxylic acids is 1. The van der Waals surface area contributed by atoms with E-state index in [0.29, 0.717) is 33.0 Å². The summed E-state index contributed by atoms with van der Waals surface area (Å²) in [4.78, 5) is 16.1. The number of hydrogen-bond donors (Lipinski definition) is 1. The van der Waals surface area contributed by atoms with Gasteiger partial charge in [0.2, 0.25) is 0 Å². The Morgan fingerprint density at radius 3 is 2.50 bits per heavy atom. The molecule has 4 aromatic rings. The summed E-state index contributed by atoms with van der Waals surface area (Å²) in [6.07, 6.45) is 0. The first kappa shape index (κ1) is 20.1. The summed E-state index contributed by atoms with van der Waals surface area (Å²) < 4.78 is 11.5. The number of nitrogens with zero attached hydrogens (tertiary/aromatic N) is 2. The molecule has 0 spiro atoms. The zero-order valence-electron chi connectivity index (χ0n) is 16.4. The van der Waals surface area contributed by atoms with Crippen molar-refractivity contribution in [1.29, 1.82) is 0 Å². The number of aryl methyl sites for hydroxylation is 3. The summed E-state index contributed by atoms with van der Waals surface area (Å²) in [5, 5.41) is 14.5. The second kappa shape index (κ2) is 7.93. The van der Waals surface area contributed by atoms with Crippen molar-refractivity contribution < 1.29 is 19.2 Å². The lowest BCUT2D eigenvalue weighted by Gasteiger charge is -2.13. The number of rotatable bonds is 5. The Morgan fingerprint density at radius 2 is 1.87 bits per heavy atom. The van der Waals surface area contributed by atoms with Gasteiger partial charge in [-0.2, -0.15) is 0 Å². The number of carboxylic acids is 1. The van der Waals surface area contributed by atoms with E-state index in [4.69, 9.17) is 20.9 Å². The van der Waals surface area contributed by atoms with Crippen molar-refractivity contribution in [1.82, 2.24) is 10.1 Å². The second-order valence-electron chi connectivity index (χ2n) is 6.68. The van der Waals surface area contributed by atoms with E-state index in [9.17, 15) is 9.90 Å². The standard InChI is InChI=1S/C22H17ClN2O4S/c1-11-19(13(3)29-25-11)15-10-14(21-24-12(2)20(30-21)22(26)27)8-9-17(15)28-18-7-5-4-6-16(18)23/h4-10H,1-3H3,(H,26,27). The number of carboxylic acid groups (broad SMARTS) is 1. The summed E-state index contributed by atoms with van der Waals surface area (Å²) in [5.41, 5.74) is 3.55. The van der Waals surface area contributed by atoms with Crippen LogP contribution in [0.2, 0.25) is 5.02 Å². The minimum atomic E-state index is -0.985. The van der Waals surface area contributed by atoms with Gasteiger partial charge in [0.25, 0.3) is 0 Å². The van der Waals surface area contributed by atoms with Crippen LogP contribution in [-0.2, 0) is 0 Å². The SMILES string of the molecule is Cc1nc(-c2ccc(Oc3ccccc3Cl)c(-c3c(C)noc3C)c2)sc1C(=O)O. The smallest absolute Gasteiger partial charge is 0.347 e. The maximum Gasteiger partial charge on any atom is 0.347 e. The Hall–Kier alpha value is -3.16. The van der Waals surface area contributed by atoms with Crippen LogP contribution in [0.3, 0.4) is 0 Å². The van der Waals surface area contributed by atoms with Gasteiger partial charge in [0.1, 0.15) is 27.1 Å². The van der Waals surface area contributed by atoms with E-state index in [2.05, 4.69) is 10.1 Å². The molecule has 30 heavy (non-hydrogen) atoms. The van der Waals surface area contributed by atoms with Crippen molar-refractivity contribution in [3.8, 4) is 33.2 Å². The maximum absolute atomic E-state index is 11.4. The van der Waals surface area contributed by atoms with Crippen LogP contribution < -0.4 is 4.74 Å². The first-order chi connectivity index (χ1) is 14.3. The van der Waals surface area contributed by atoms with Crippen LogP contribution in [0, 0.1) is 20.8 Å². The molecule has 0 bridgehead atoms. The third-order valence-electron chi connectivity index (χ3n) is 4.58. The molecular formula is C22H17ClN2O4S. The zero-order chi connectivity index (χ0) is 21.4. The Labute approximate surface area is 181 Å². The number of para-hydroxylation sites is 1. The van der Waals surface area contributed by atoms with Gasteiger partial charge in [0.15, 0.2) is 0 Å². The number of thiazole rings is 1. The van der Waals surface area contributed by atoms with Gasteiger partial charge >= 0.3 is 5.97 Å². The Kier molecular flexibility index (Phi) is 5.32. The summed E-state index contributed by atoms with van der Waals surface area (Å²) in [6.45, 7) is 5.37. The highest BCUT2D eigenvalue weighted by Gasteiger charge is 2.21. The summed E-state index contributed by atoms with van der Waals surface area (Å²) >= 11 is 7.41. The van der Waals surface area contributed by atoms with E-state index >= 15 is 0 Å². The van der Waals surface area contributed by atoms with Crippen molar-refractivity contribution in [2.75, 3.05) is 0 Å². The van der Waals surface area contributed by atoms with E-state index in [1.807, 2.05) is 44.2 Å². The molecule has 0 unspecified atom stereocenters. The van der Waals surface area contributed by atoms with Crippen molar-refractivity contribution in [3.63, 3.8) is 0 Å². The average Bonchev–Trinajstić information content (AvgIpc) is 3.26. The molecule has 4 rings (SSSR count). The Morgan fingerprint density at radius 1 is 1.10 bits per heavy atom. The molecule has 0 aliphatic heterocycles. The number of ether oxygens (including phenoxy) is 1. The molecule has 0 radical (unpaired) electrons. The van der Waals surface area contributed by atoms with Gasteiger partial charge < -0.3 is 14.4 Å². The fraction of sp³-hybridized carbons (Fsp3) is 0.136. The fourth-order valence-electron chi connectivity index (χ4n) is 3.18. The lowest BCUT2D eigenvalue weighted by atomic mass is 10.0. The molecule has 0 aliphatic carbocycles. The molecule has 0 saturated heterocycles. The van der Waals surface area contributed by atoms with Crippen molar-refractivity contribution in [2.24, 2.45) is 0 Å². The van der Waals surface area contributed by atoms with Crippen LogP contribution in [0.5, 0.6) is 11.5 Å². The van der Waals surface area contributed by atoms with Crippen LogP contribution in [-0.4, -0.2) is 21.2 Å². The Bertz CT molecular complexity index is 1240. The number of halogens is 1. The molecule has 0 aliphatic rings. The molecule has 0 fully saturated rings. The third kappa shape index (κ3) is 3.69. The minimum absolute atomic E-state index is 0.222. The Balaban J connectivity index is 1.87. The highest BCUT2D eigenvalue weighted by atomic mass is 35.5. The first-order valence-electron chi connectivity index (χ1n) is 9.06. The van der Waals surface area contributed by atoms with Crippen LogP contribution in [0.25, 0.3) is 21.7 Å². The third-order valence-corrected chi connectivity index (χ3v) is 6.08. The van der Waals surface area contributed by atoms with Gasteiger partial charge in [-0.25, -0.2) is 9.78 Å². The molecule has 0 saturated carbocycles. The van der Waals surface area contributed by atoms with Gasteiger partial charge in [-0.05, 0) is 51.1 Å². The quantitative estimate of drug-likeness (QED) is 0.379. The largest absolute Gasteiger partial charge is 0.477 e. The molecule has 0 atom stereocenters. The number of aromatic nitrogens is 2. The molecule has 2 aromatic heterocycles. The highest BCUT2D eigenvalue weighted by molar-refractivity contribution is 7.17. The highest BCUT2D eigenvalue weighted by Crippen LogP contribution is 2.41. The van der Waals surface area contributed by atoms with Gasteiger partial charge in [-0.15, -0.1) is 11.3 Å². The van der Waals surface area contributed by atoms with Gasteiger partial charge in [0.05, 0.1) is 22.0 Å². The van der Waals surface area contributed by atoms with E-state index in [-0.39, 0.29) is 4.88 Å².